The van der Waals surface area contributed by atoms with Crippen LogP contribution in [0.3, 0.4) is 0 Å². The van der Waals surface area contributed by atoms with Gasteiger partial charge in [-0.3, -0.25) is 0 Å². The number of hydrogen-bond donors (Lipinski definition) is 0. The molecule has 0 atom stereocenters. The van der Waals surface area contributed by atoms with Crippen molar-refractivity contribution in [1.82, 2.24) is 0 Å². The van der Waals surface area contributed by atoms with E-state index < -0.39 is 5.97 Å². The van der Waals surface area contributed by atoms with Gasteiger partial charge in [0.1, 0.15) is 17.2 Å². The number of carbonyl (C=O) groups excluding carboxylic acids is 1. The predicted molar refractivity (Wildman–Crippen MR) is 106 cm³/mol. The van der Waals surface area contributed by atoms with E-state index in [4.69, 9.17) is 14.2 Å². The summed E-state index contributed by atoms with van der Waals surface area (Å²) in [5, 5.41) is 0. The van der Waals surface area contributed by atoms with Gasteiger partial charge in [0.15, 0.2) is 0 Å². The van der Waals surface area contributed by atoms with Crippen molar-refractivity contribution in [3.05, 3.63) is 84.4 Å². The molecule has 136 valence electrons. The number of benzene rings is 3. The van der Waals surface area contributed by atoms with Crippen molar-refractivity contribution in [3.8, 4) is 28.4 Å². The summed E-state index contributed by atoms with van der Waals surface area (Å²) >= 11 is 0. The van der Waals surface area contributed by atoms with Gasteiger partial charge in [0.25, 0.3) is 0 Å². The third-order valence-corrected chi connectivity index (χ3v) is 4.02. The first-order valence-electron chi connectivity index (χ1n) is 8.47. The van der Waals surface area contributed by atoms with E-state index in [1.54, 1.807) is 38.5 Å². The highest BCUT2D eigenvalue weighted by atomic mass is 16.5. The summed E-state index contributed by atoms with van der Waals surface area (Å²) in [5.41, 5.74) is 2.61. The van der Waals surface area contributed by atoms with Crippen LogP contribution in [0.2, 0.25) is 0 Å². The average Bonchev–Trinajstić information content (AvgIpc) is 2.73. The highest BCUT2D eigenvalue weighted by Gasteiger charge is 2.09. The molecule has 0 unspecified atom stereocenters. The number of carbonyl (C=O) groups is 1. The molecule has 0 heterocycles. The van der Waals surface area contributed by atoms with Crippen LogP contribution in [0.4, 0.5) is 0 Å². The van der Waals surface area contributed by atoms with Gasteiger partial charge < -0.3 is 14.2 Å². The van der Waals surface area contributed by atoms with Crippen molar-refractivity contribution < 1.29 is 19.0 Å². The summed E-state index contributed by atoms with van der Waals surface area (Å²) in [5.74, 6) is 1.35. The van der Waals surface area contributed by atoms with E-state index in [1.807, 2.05) is 54.6 Å². The molecule has 0 N–H and O–H groups in total. The zero-order valence-corrected chi connectivity index (χ0v) is 15.2. The zero-order valence-electron chi connectivity index (χ0n) is 15.2. The van der Waals surface area contributed by atoms with Crippen LogP contribution < -0.4 is 14.2 Å². The van der Waals surface area contributed by atoms with Crippen molar-refractivity contribution in [1.29, 1.82) is 0 Å². The Morgan fingerprint density at radius 3 is 2.30 bits per heavy atom. The predicted octanol–water partition coefficient (Wildman–Crippen LogP) is 4.99. The molecule has 3 aromatic carbocycles. The van der Waals surface area contributed by atoms with Crippen molar-refractivity contribution in [2.75, 3.05) is 14.2 Å². The van der Waals surface area contributed by atoms with Gasteiger partial charge in [-0.05, 0) is 29.8 Å². The zero-order chi connectivity index (χ0) is 19.1. The molecule has 0 saturated carbocycles. The molecule has 0 fully saturated rings. The minimum Gasteiger partial charge on any atom is -0.497 e. The maximum Gasteiger partial charge on any atom is 0.336 e. The Morgan fingerprint density at radius 1 is 0.815 bits per heavy atom. The molecule has 27 heavy (non-hydrogen) atoms. The Bertz CT molecular complexity index is 946. The van der Waals surface area contributed by atoms with Gasteiger partial charge in [-0.15, -0.1) is 0 Å². The van der Waals surface area contributed by atoms with Crippen LogP contribution >= 0.6 is 0 Å². The van der Waals surface area contributed by atoms with Gasteiger partial charge in [-0.2, -0.15) is 0 Å². The number of rotatable bonds is 6. The molecular formula is C23H20O4. The molecule has 0 radical (unpaired) electrons. The topological polar surface area (TPSA) is 44.8 Å². The van der Waals surface area contributed by atoms with Gasteiger partial charge in [0.05, 0.1) is 14.2 Å². The smallest absolute Gasteiger partial charge is 0.336 e. The van der Waals surface area contributed by atoms with Crippen LogP contribution in [-0.4, -0.2) is 20.2 Å². The lowest BCUT2D eigenvalue weighted by molar-refractivity contribution is -0.128. The Kier molecular flexibility index (Phi) is 5.90. The van der Waals surface area contributed by atoms with Crippen molar-refractivity contribution in [3.63, 3.8) is 0 Å². The SMILES string of the molecule is COc1ccc(/C=C/C(=O)Oc2ccccc2-c2ccccc2)c(OC)c1. The molecule has 0 aliphatic carbocycles. The molecule has 3 aromatic rings. The second kappa shape index (κ2) is 8.72. The standard InChI is InChI=1S/C23H20O4/c1-25-19-14-12-18(22(16-19)26-2)13-15-23(24)27-21-11-7-6-10-20(21)17-8-4-3-5-9-17/h3-16H,1-2H3/b15-13+. The fourth-order valence-electron chi connectivity index (χ4n) is 2.67. The van der Waals surface area contributed by atoms with Crippen LogP contribution in [0.25, 0.3) is 17.2 Å². The summed E-state index contributed by atoms with van der Waals surface area (Å²) in [6, 6.07) is 22.6. The van der Waals surface area contributed by atoms with E-state index in [9.17, 15) is 4.79 Å². The first kappa shape index (κ1) is 18.3. The molecule has 0 spiro atoms. The highest BCUT2D eigenvalue weighted by Crippen LogP contribution is 2.30. The number of esters is 1. The first-order chi connectivity index (χ1) is 13.2. The third-order valence-electron chi connectivity index (χ3n) is 4.02. The average molecular weight is 360 g/mol. The summed E-state index contributed by atoms with van der Waals surface area (Å²) in [6.07, 6.45) is 3.04. The van der Waals surface area contributed by atoms with E-state index in [2.05, 4.69) is 0 Å². The quantitative estimate of drug-likeness (QED) is 0.353. The lowest BCUT2D eigenvalue weighted by Gasteiger charge is -2.09. The monoisotopic (exact) mass is 360 g/mol. The highest BCUT2D eigenvalue weighted by molar-refractivity contribution is 5.90. The Labute approximate surface area is 158 Å². The van der Waals surface area contributed by atoms with Crippen molar-refractivity contribution >= 4 is 12.0 Å². The minimum atomic E-state index is -0.462. The second-order valence-corrected chi connectivity index (χ2v) is 5.72. The van der Waals surface area contributed by atoms with Crippen LogP contribution in [0.1, 0.15) is 5.56 Å². The van der Waals surface area contributed by atoms with Crippen LogP contribution in [0, 0.1) is 0 Å². The molecule has 0 aromatic heterocycles. The lowest BCUT2D eigenvalue weighted by atomic mass is 10.1. The van der Waals surface area contributed by atoms with Crippen LogP contribution in [0.15, 0.2) is 78.9 Å². The largest absolute Gasteiger partial charge is 0.497 e. The normalized spacial score (nSPS) is 10.6. The molecule has 0 amide bonds. The fraction of sp³-hybridized carbons (Fsp3) is 0.0870. The first-order valence-corrected chi connectivity index (χ1v) is 8.47. The number of methoxy groups -OCH3 is 2. The fourth-order valence-corrected chi connectivity index (χ4v) is 2.67. The van der Waals surface area contributed by atoms with Crippen molar-refractivity contribution in [2.24, 2.45) is 0 Å². The Morgan fingerprint density at radius 2 is 1.56 bits per heavy atom. The van der Waals surface area contributed by atoms with Crippen LogP contribution in [0.5, 0.6) is 17.2 Å². The molecule has 3 rings (SSSR count). The second-order valence-electron chi connectivity index (χ2n) is 5.72. The Hall–Kier alpha value is -3.53. The molecule has 4 heteroatoms. The molecular weight excluding hydrogens is 340 g/mol. The van der Waals surface area contributed by atoms with Gasteiger partial charge >= 0.3 is 5.97 Å². The van der Waals surface area contributed by atoms with Crippen LogP contribution in [-0.2, 0) is 4.79 Å². The Balaban J connectivity index is 1.78. The van der Waals surface area contributed by atoms with Crippen molar-refractivity contribution in [2.45, 2.75) is 0 Å². The number of para-hydroxylation sites is 1. The molecule has 0 aliphatic rings. The molecule has 0 bridgehead atoms. The number of ether oxygens (including phenoxy) is 3. The maximum atomic E-state index is 12.3. The summed E-state index contributed by atoms with van der Waals surface area (Å²) in [6.45, 7) is 0. The molecule has 0 aliphatic heterocycles. The van der Waals surface area contributed by atoms with E-state index in [0.717, 1.165) is 16.7 Å². The summed E-state index contributed by atoms with van der Waals surface area (Å²) in [7, 11) is 3.16. The minimum absolute atomic E-state index is 0.462. The van der Waals surface area contributed by atoms with E-state index >= 15 is 0 Å². The maximum absolute atomic E-state index is 12.3. The van der Waals surface area contributed by atoms with E-state index in [-0.39, 0.29) is 0 Å². The molecule has 4 nitrogen and oxygen atoms in total. The number of hydrogen-bond acceptors (Lipinski definition) is 4. The summed E-state index contributed by atoms with van der Waals surface area (Å²) in [4.78, 5) is 12.3. The van der Waals surface area contributed by atoms with Gasteiger partial charge in [0, 0.05) is 23.3 Å². The molecule has 0 saturated heterocycles. The van der Waals surface area contributed by atoms with E-state index in [1.165, 1.54) is 6.08 Å². The van der Waals surface area contributed by atoms with Gasteiger partial charge in [-0.25, -0.2) is 4.79 Å². The third kappa shape index (κ3) is 4.55. The van der Waals surface area contributed by atoms with Gasteiger partial charge in [-0.1, -0.05) is 48.5 Å². The van der Waals surface area contributed by atoms with Gasteiger partial charge in [0.2, 0.25) is 0 Å². The van der Waals surface area contributed by atoms with E-state index in [0.29, 0.717) is 17.2 Å². The lowest BCUT2D eigenvalue weighted by Crippen LogP contribution is -2.04. The summed E-state index contributed by atoms with van der Waals surface area (Å²) < 4.78 is 16.1.